The van der Waals surface area contributed by atoms with E-state index in [-0.39, 0.29) is 4.90 Å². The Hall–Kier alpha value is -0.880. The van der Waals surface area contributed by atoms with Gasteiger partial charge in [-0.25, -0.2) is 16.8 Å². The molecule has 1 aliphatic carbocycles. The van der Waals surface area contributed by atoms with Crippen molar-refractivity contribution in [2.75, 3.05) is 0 Å². The van der Waals surface area contributed by atoms with Crippen molar-refractivity contribution < 1.29 is 16.8 Å². The third kappa shape index (κ3) is 2.31. The first-order valence-electron chi connectivity index (χ1n) is 6.00. The molecule has 1 aromatic carbocycles. The summed E-state index contributed by atoms with van der Waals surface area (Å²) in [5.41, 5.74) is 0. The van der Waals surface area contributed by atoms with Crippen LogP contribution in [0.1, 0.15) is 32.1 Å². The van der Waals surface area contributed by atoms with E-state index in [0.717, 1.165) is 19.3 Å². The fourth-order valence-corrected chi connectivity index (χ4v) is 7.07. The van der Waals surface area contributed by atoms with E-state index >= 15 is 0 Å². The van der Waals surface area contributed by atoms with Crippen molar-refractivity contribution in [2.24, 2.45) is 0 Å². The van der Waals surface area contributed by atoms with Crippen LogP contribution in [0.5, 0.6) is 0 Å². The summed E-state index contributed by atoms with van der Waals surface area (Å²) in [7, 11) is -8.41. The number of hydrogen-bond donors (Lipinski definition) is 0. The lowest BCUT2D eigenvalue weighted by Crippen LogP contribution is -2.30. The van der Waals surface area contributed by atoms with Crippen LogP contribution in [0.3, 0.4) is 0 Å². The molecule has 4 nitrogen and oxygen atoms in total. The predicted octanol–water partition coefficient (Wildman–Crippen LogP) is 2.12. The van der Waals surface area contributed by atoms with Crippen LogP contribution < -0.4 is 0 Å². The van der Waals surface area contributed by atoms with Gasteiger partial charge in [-0.05, 0) is 25.0 Å². The normalized spacial score (nSPS) is 18.7. The van der Waals surface area contributed by atoms with Crippen molar-refractivity contribution >= 4 is 17.7 Å². The Morgan fingerprint density at radius 1 is 0.833 bits per heavy atom. The molecule has 0 heterocycles. The minimum atomic E-state index is -4.27. The molecule has 1 aromatic rings. The number of rotatable bonds is 3. The van der Waals surface area contributed by atoms with Crippen molar-refractivity contribution in [3.63, 3.8) is 0 Å². The van der Waals surface area contributed by atoms with E-state index in [2.05, 4.69) is 0 Å². The highest BCUT2D eigenvalue weighted by atomic mass is 33.2. The molecule has 0 saturated heterocycles. The fraction of sp³-hybridized carbons (Fsp3) is 0.500. The minimum absolute atomic E-state index is 0.129. The summed E-state index contributed by atoms with van der Waals surface area (Å²) in [5, 5.41) is -0.739. The average Bonchev–Trinajstić information content (AvgIpc) is 2.40. The van der Waals surface area contributed by atoms with E-state index in [1.54, 1.807) is 6.07 Å². The van der Waals surface area contributed by atoms with E-state index in [1.165, 1.54) is 24.3 Å². The van der Waals surface area contributed by atoms with Gasteiger partial charge in [-0.1, -0.05) is 37.5 Å². The van der Waals surface area contributed by atoms with Crippen LogP contribution in [0, 0.1) is 0 Å². The Balaban J connectivity index is 2.40. The molecule has 0 unspecified atom stereocenters. The summed E-state index contributed by atoms with van der Waals surface area (Å²) >= 11 is 0. The minimum Gasteiger partial charge on any atom is -0.212 e. The van der Waals surface area contributed by atoms with Gasteiger partial charge in [0.05, 0.1) is 10.1 Å². The first-order chi connectivity index (χ1) is 8.46. The zero-order chi connectivity index (χ0) is 13.2. The maximum Gasteiger partial charge on any atom is 0.282 e. The molecule has 0 radical (unpaired) electrons. The molecule has 0 N–H and O–H groups in total. The highest BCUT2D eigenvalue weighted by Crippen LogP contribution is 2.30. The maximum absolute atomic E-state index is 12.2. The Morgan fingerprint density at radius 2 is 1.39 bits per heavy atom. The first-order valence-corrected chi connectivity index (χ1v) is 9.55. The molecule has 1 aliphatic rings. The predicted molar refractivity (Wildman–Crippen MR) is 69.4 cm³/mol. The van der Waals surface area contributed by atoms with E-state index in [4.69, 9.17) is 0 Å². The molecule has 0 aromatic heterocycles. The fourth-order valence-electron chi connectivity index (χ4n) is 2.25. The van der Waals surface area contributed by atoms with Crippen molar-refractivity contribution in [1.29, 1.82) is 0 Å². The van der Waals surface area contributed by atoms with Gasteiger partial charge in [-0.3, -0.25) is 0 Å². The van der Waals surface area contributed by atoms with Crippen molar-refractivity contribution in [3.05, 3.63) is 30.3 Å². The van der Waals surface area contributed by atoms with Crippen molar-refractivity contribution in [3.8, 4) is 0 Å². The standard InChI is InChI=1S/C12H16O4S2/c13-17(14,11-7-3-1-4-8-11)18(15,16)12-9-5-2-6-10-12/h1,3-4,7-8,12H,2,5-6,9-10H2. The van der Waals surface area contributed by atoms with Crippen molar-refractivity contribution in [2.45, 2.75) is 42.2 Å². The largest absolute Gasteiger partial charge is 0.282 e. The Labute approximate surface area is 107 Å². The second-order valence-corrected chi connectivity index (χ2v) is 10.3. The second-order valence-electron chi connectivity index (χ2n) is 4.52. The van der Waals surface area contributed by atoms with Crippen LogP contribution in [0.2, 0.25) is 0 Å². The molecule has 2 rings (SSSR count). The SMILES string of the molecule is O=S(=O)(c1ccccc1)S(=O)(=O)C1CCCCC1. The summed E-state index contributed by atoms with van der Waals surface area (Å²) in [6.45, 7) is 0. The molecule has 1 fully saturated rings. The summed E-state index contributed by atoms with van der Waals surface area (Å²) < 4.78 is 48.8. The quantitative estimate of drug-likeness (QED) is 0.799. The van der Waals surface area contributed by atoms with Crippen molar-refractivity contribution in [1.82, 2.24) is 0 Å². The summed E-state index contributed by atoms with van der Waals surface area (Å²) in [6, 6.07) is 7.38. The highest BCUT2D eigenvalue weighted by Gasteiger charge is 2.39. The van der Waals surface area contributed by atoms with Gasteiger partial charge in [0.2, 0.25) is 0 Å². The van der Waals surface area contributed by atoms with Gasteiger partial charge in [0.1, 0.15) is 0 Å². The lowest BCUT2D eigenvalue weighted by Gasteiger charge is -2.21. The van der Waals surface area contributed by atoms with E-state index in [9.17, 15) is 16.8 Å². The molecule has 0 aliphatic heterocycles. The molecule has 0 amide bonds. The van der Waals surface area contributed by atoms with Gasteiger partial charge < -0.3 is 0 Å². The average molecular weight is 288 g/mol. The Kier molecular flexibility index (Phi) is 3.77. The van der Waals surface area contributed by atoms with Crippen LogP contribution in [-0.2, 0) is 17.7 Å². The first kappa shape index (κ1) is 13.5. The second kappa shape index (κ2) is 5.01. The molecule has 18 heavy (non-hydrogen) atoms. The van der Waals surface area contributed by atoms with Gasteiger partial charge in [0, 0.05) is 0 Å². The molecule has 0 bridgehead atoms. The van der Waals surface area contributed by atoms with Crippen LogP contribution in [0.15, 0.2) is 35.2 Å². The topological polar surface area (TPSA) is 68.3 Å². The number of benzene rings is 1. The highest BCUT2D eigenvalue weighted by molar-refractivity contribution is 8.67. The van der Waals surface area contributed by atoms with Gasteiger partial charge in [-0.2, -0.15) is 0 Å². The molecular formula is C12H16O4S2. The van der Waals surface area contributed by atoms with Gasteiger partial charge in [-0.15, -0.1) is 0 Å². The van der Waals surface area contributed by atoms with E-state index < -0.39 is 23.0 Å². The van der Waals surface area contributed by atoms with Crippen LogP contribution >= 0.6 is 0 Å². The summed E-state index contributed by atoms with van der Waals surface area (Å²) in [4.78, 5) is -0.129. The van der Waals surface area contributed by atoms with Gasteiger partial charge in [0.15, 0.2) is 0 Å². The Morgan fingerprint density at radius 3 is 1.94 bits per heavy atom. The molecule has 0 spiro atoms. The lowest BCUT2D eigenvalue weighted by atomic mass is 10.0. The smallest absolute Gasteiger partial charge is 0.212 e. The molecule has 100 valence electrons. The van der Waals surface area contributed by atoms with E-state index in [0.29, 0.717) is 12.8 Å². The van der Waals surface area contributed by atoms with Crippen LogP contribution in [0.4, 0.5) is 0 Å². The Bertz CT molecular complexity index is 597. The molecule has 6 heteroatoms. The number of hydrogen-bond acceptors (Lipinski definition) is 4. The van der Waals surface area contributed by atoms with Crippen LogP contribution in [0.25, 0.3) is 0 Å². The summed E-state index contributed by atoms with van der Waals surface area (Å²) in [6.07, 6.45) is 3.46. The third-order valence-electron chi connectivity index (χ3n) is 3.30. The monoisotopic (exact) mass is 288 g/mol. The van der Waals surface area contributed by atoms with Gasteiger partial charge >= 0.3 is 0 Å². The summed E-state index contributed by atoms with van der Waals surface area (Å²) in [5.74, 6) is 0. The molecular weight excluding hydrogens is 272 g/mol. The molecule has 1 saturated carbocycles. The van der Waals surface area contributed by atoms with E-state index in [1.807, 2.05) is 0 Å². The molecule has 0 atom stereocenters. The zero-order valence-corrected chi connectivity index (χ0v) is 11.6. The lowest BCUT2D eigenvalue weighted by molar-refractivity contribution is 0.487. The van der Waals surface area contributed by atoms with Gasteiger partial charge in [0.25, 0.3) is 17.7 Å². The maximum atomic E-state index is 12.2. The zero-order valence-electron chi connectivity index (χ0n) is 9.95. The van der Waals surface area contributed by atoms with Crippen LogP contribution in [-0.4, -0.2) is 22.1 Å². The third-order valence-corrected chi connectivity index (χ3v) is 9.28.